The molecule has 2 aromatic rings. The minimum absolute atomic E-state index is 0.0335. The Morgan fingerprint density at radius 3 is 2.61 bits per heavy atom. The summed E-state index contributed by atoms with van der Waals surface area (Å²) in [5, 5.41) is 11.0. The van der Waals surface area contributed by atoms with Gasteiger partial charge in [-0.2, -0.15) is 0 Å². The number of nitrogens with zero attached hydrogens (tertiary/aromatic N) is 4. The van der Waals surface area contributed by atoms with E-state index in [4.69, 9.17) is 9.47 Å². The van der Waals surface area contributed by atoms with Gasteiger partial charge in [-0.15, -0.1) is 5.10 Å². The van der Waals surface area contributed by atoms with E-state index in [1.165, 1.54) is 12.7 Å². The number of esters is 1. The number of carbonyl (C=O) groups excluding carboxylic acids is 2. The number of carbonyl (C=O) groups is 2. The molecule has 1 aromatic carbocycles. The van der Waals surface area contributed by atoms with Crippen LogP contribution in [-0.4, -0.2) is 65.1 Å². The molecule has 0 spiro atoms. The second-order valence-corrected chi connectivity index (χ2v) is 7.78. The number of hydrogen-bond donors (Lipinski definition) is 1. The first kappa shape index (κ1) is 22.5. The van der Waals surface area contributed by atoms with Gasteiger partial charge >= 0.3 is 5.97 Å². The number of amides is 1. The van der Waals surface area contributed by atoms with Crippen molar-refractivity contribution in [3.05, 3.63) is 53.4 Å². The Morgan fingerprint density at radius 1 is 1.23 bits per heavy atom. The Morgan fingerprint density at radius 2 is 1.97 bits per heavy atom. The number of allylic oxidation sites excluding steroid dienone is 1. The molecule has 0 saturated carbocycles. The second kappa shape index (κ2) is 10.2. The minimum Gasteiger partial charge on any atom is -0.497 e. The van der Waals surface area contributed by atoms with Crippen LogP contribution >= 0.6 is 0 Å². The van der Waals surface area contributed by atoms with Crippen LogP contribution in [0.2, 0.25) is 0 Å². The van der Waals surface area contributed by atoms with E-state index in [0.29, 0.717) is 26.1 Å². The zero-order valence-electron chi connectivity index (χ0n) is 18.4. The molecule has 1 aliphatic heterocycles. The fraction of sp³-hybridized carbons (Fsp3) is 0.455. The minimum atomic E-state index is -0.528. The number of hydrogen-bond acceptors (Lipinski definition) is 7. The molecule has 31 heavy (non-hydrogen) atoms. The Kier molecular flexibility index (Phi) is 7.41. The zero-order chi connectivity index (χ0) is 22.4. The number of benzene rings is 1. The van der Waals surface area contributed by atoms with Crippen molar-refractivity contribution in [2.75, 3.05) is 27.3 Å². The highest BCUT2D eigenvalue weighted by atomic mass is 16.5. The predicted molar refractivity (Wildman–Crippen MR) is 115 cm³/mol. The number of aromatic nitrogens is 3. The van der Waals surface area contributed by atoms with Crippen LogP contribution < -0.4 is 10.1 Å². The summed E-state index contributed by atoms with van der Waals surface area (Å²) >= 11 is 0. The second-order valence-electron chi connectivity index (χ2n) is 7.78. The normalized spacial score (nSPS) is 18.5. The molecule has 1 fully saturated rings. The summed E-state index contributed by atoms with van der Waals surface area (Å²) in [5.41, 5.74) is 2.35. The number of methoxy groups -OCH3 is 2. The average Bonchev–Trinajstić information content (AvgIpc) is 3.43. The van der Waals surface area contributed by atoms with Gasteiger partial charge in [0, 0.05) is 19.6 Å². The number of ether oxygens (including phenoxy) is 2. The first-order chi connectivity index (χ1) is 14.9. The standard InChI is InChI=1S/C22H29N5O4/c1-15(2)9-10-26-13-17(27-14-19(24-25-27)22(29)31-4)11-20(26)21(28)23-12-16-5-7-18(30-3)8-6-16/h5-9,14,17,20H,10-13H2,1-4H3,(H,23,28)/t17-,20+/m1/s1. The van der Waals surface area contributed by atoms with E-state index in [1.54, 1.807) is 18.0 Å². The molecule has 1 N–H and O–H groups in total. The number of rotatable bonds is 8. The fourth-order valence-electron chi connectivity index (χ4n) is 3.55. The Balaban J connectivity index is 1.69. The lowest BCUT2D eigenvalue weighted by Gasteiger charge is -2.22. The van der Waals surface area contributed by atoms with Gasteiger partial charge in [0.05, 0.1) is 32.5 Å². The van der Waals surface area contributed by atoms with Gasteiger partial charge in [0.15, 0.2) is 5.69 Å². The van der Waals surface area contributed by atoms with E-state index in [1.807, 2.05) is 38.1 Å². The summed E-state index contributed by atoms with van der Waals surface area (Å²) < 4.78 is 11.5. The summed E-state index contributed by atoms with van der Waals surface area (Å²) in [7, 11) is 2.93. The molecular weight excluding hydrogens is 398 g/mol. The van der Waals surface area contributed by atoms with Gasteiger partial charge < -0.3 is 14.8 Å². The van der Waals surface area contributed by atoms with Gasteiger partial charge in [-0.05, 0) is 38.0 Å². The lowest BCUT2D eigenvalue weighted by Crippen LogP contribution is -2.43. The quantitative estimate of drug-likeness (QED) is 0.508. The van der Waals surface area contributed by atoms with Crippen molar-refractivity contribution in [1.82, 2.24) is 25.2 Å². The lowest BCUT2D eigenvalue weighted by molar-refractivity contribution is -0.125. The van der Waals surface area contributed by atoms with E-state index in [2.05, 4.69) is 26.6 Å². The van der Waals surface area contributed by atoms with E-state index in [-0.39, 0.29) is 23.7 Å². The van der Waals surface area contributed by atoms with Crippen LogP contribution in [0, 0.1) is 0 Å². The summed E-state index contributed by atoms with van der Waals surface area (Å²) in [6.07, 6.45) is 4.26. The van der Waals surface area contributed by atoms with Gasteiger partial charge in [-0.3, -0.25) is 9.69 Å². The maximum atomic E-state index is 13.0. The summed E-state index contributed by atoms with van der Waals surface area (Å²) in [6, 6.07) is 7.25. The molecule has 0 bridgehead atoms. The molecule has 0 radical (unpaired) electrons. The van der Waals surface area contributed by atoms with Crippen LogP contribution in [0.3, 0.4) is 0 Å². The maximum Gasteiger partial charge on any atom is 0.360 e. The van der Waals surface area contributed by atoms with Crippen LogP contribution in [0.15, 0.2) is 42.1 Å². The van der Waals surface area contributed by atoms with Crippen molar-refractivity contribution in [2.45, 2.75) is 38.9 Å². The molecule has 1 saturated heterocycles. The Labute approximate surface area is 182 Å². The van der Waals surface area contributed by atoms with Crippen molar-refractivity contribution in [3.63, 3.8) is 0 Å². The van der Waals surface area contributed by atoms with Crippen molar-refractivity contribution in [2.24, 2.45) is 0 Å². The molecule has 9 nitrogen and oxygen atoms in total. The summed E-state index contributed by atoms with van der Waals surface area (Å²) in [6.45, 7) is 5.81. The van der Waals surface area contributed by atoms with E-state index in [0.717, 1.165) is 11.3 Å². The fourth-order valence-corrected chi connectivity index (χ4v) is 3.55. The highest BCUT2D eigenvalue weighted by Crippen LogP contribution is 2.27. The molecule has 0 unspecified atom stereocenters. The van der Waals surface area contributed by atoms with Crippen LogP contribution in [0.4, 0.5) is 0 Å². The van der Waals surface area contributed by atoms with Crippen molar-refractivity contribution < 1.29 is 19.1 Å². The smallest absolute Gasteiger partial charge is 0.360 e. The van der Waals surface area contributed by atoms with E-state index in [9.17, 15) is 9.59 Å². The van der Waals surface area contributed by atoms with Gasteiger partial charge in [-0.1, -0.05) is 29.0 Å². The number of likely N-dealkylation sites (tertiary alicyclic amines) is 1. The molecule has 9 heteroatoms. The molecule has 1 aromatic heterocycles. The molecule has 2 atom stereocenters. The topological polar surface area (TPSA) is 98.6 Å². The first-order valence-electron chi connectivity index (χ1n) is 10.2. The summed E-state index contributed by atoms with van der Waals surface area (Å²) in [4.78, 5) is 26.8. The van der Waals surface area contributed by atoms with Gasteiger partial charge in [0.1, 0.15) is 5.75 Å². The molecular formula is C22H29N5O4. The molecule has 1 amide bonds. The third-order valence-corrected chi connectivity index (χ3v) is 5.32. The Hall–Kier alpha value is -3.20. The molecule has 2 heterocycles. The zero-order valence-corrected chi connectivity index (χ0v) is 18.4. The molecule has 0 aliphatic carbocycles. The predicted octanol–water partition coefficient (Wildman–Crippen LogP) is 1.97. The SMILES string of the molecule is COC(=O)c1cn([C@@H]2C[C@@H](C(=O)NCc3ccc(OC)cc3)N(CC=C(C)C)C2)nn1. The largest absolute Gasteiger partial charge is 0.497 e. The molecule has 166 valence electrons. The first-order valence-corrected chi connectivity index (χ1v) is 10.2. The third-order valence-electron chi connectivity index (χ3n) is 5.32. The lowest BCUT2D eigenvalue weighted by atomic mass is 10.1. The highest BCUT2D eigenvalue weighted by molar-refractivity contribution is 5.86. The van der Waals surface area contributed by atoms with Crippen LogP contribution in [0.25, 0.3) is 0 Å². The summed E-state index contributed by atoms with van der Waals surface area (Å²) in [5.74, 6) is 0.217. The van der Waals surface area contributed by atoms with E-state index < -0.39 is 5.97 Å². The molecule has 1 aliphatic rings. The maximum absolute atomic E-state index is 13.0. The van der Waals surface area contributed by atoms with E-state index >= 15 is 0 Å². The monoisotopic (exact) mass is 427 g/mol. The van der Waals surface area contributed by atoms with Crippen molar-refractivity contribution in [1.29, 1.82) is 0 Å². The number of nitrogens with one attached hydrogen (secondary N) is 1. The van der Waals surface area contributed by atoms with Crippen LogP contribution in [0.1, 0.15) is 42.4 Å². The van der Waals surface area contributed by atoms with Gasteiger partial charge in [0.2, 0.25) is 5.91 Å². The average molecular weight is 428 g/mol. The highest BCUT2D eigenvalue weighted by Gasteiger charge is 2.37. The van der Waals surface area contributed by atoms with Crippen molar-refractivity contribution in [3.8, 4) is 5.75 Å². The molecule has 3 rings (SSSR count). The van der Waals surface area contributed by atoms with Gasteiger partial charge in [-0.25, -0.2) is 9.48 Å². The van der Waals surface area contributed by atoms with Gasteiger partial charge in [0.25, 0.3) is 0 Å². The van der Waals surface area contributed by atoms with Crippen molar-refractivity contribution >= 4 is 11.9 Å². The van der Waals surface area contributed by atoms with Crippen LogP contribution in [-0.2, 0) is 16.1 Å². The van der Waals surface area contributed by atoms with Crippen LogP contribution in [0.5, 0.6) is 5.75 Å². The third kappa shape index (κ3) is 5.69. The Bertz CT molecular complexity index is 934.